The number of nitrogens with one attached hydrogen (secondary N) is 2. The van der Waals surface area contributed by atoms with Crippen molar-refractivity contribution < 1.29 is 9.63 Å². The molecule has 1 saturated carbocycles. The SMILES string of the molecule is CONC(=O)C1CC1c1cnc[nH]1. The number of hydrogen-bond donors (Lipinski definition) is 2. The van der Waals surface area contributed by atoms with E-state index in [1.165, 1.54) is 7.11 Å². The zero-order valence-electron chi connectivity index (χ0n) is 7.28. The van der Waals surface area contributed by atoms with Crippen LogP contribution in [0.5, 0.6) is 0 Å². The molecule has 1 aliphatic carbocycles. The molecule has 0 spiro atoms. The number of imidazole rings is 1. The minimum Gasteiger partial charge on any atom is -0.348 e. The van der Waals surface area contributed by atoms with Crippen LogP contribution in [-0.4, -0.2) is 23.0 Å². The molecule has 2 rings (SSSR count). The molecular formula is C8H11N3O2. The van der Waals surface area contributed by atoms with E-state index in [1.807, 2.05) is 0 Å². The smallest absolute Gasteiger partial charge is 0.247 e. The predicted octanol–water partition coefficient (Wildman–Crippen LogP) is 0.191. The van der Waals surface area contributed by atoms with Crippen LogP contribution in [0, 0.1) is 5.92 Å². The summed E-state index contributed by atoms with van der Waals surface area (Å²) in [4.78, 5) is 22.7. The van der Waals surface area contributed by atoms with Crippen LogP contribution in [0.25, 0.3) is 0 Å². The Hall–Kier alpha value is -1.36. The standard InChI is InChI=1S/C8H11N3O2/c1-13-11-8(12)6-2-5(6)7-3-9-4-10-7/h3-6H,2H2,1H3,(H,9,10)(H,11,12). The molecule has 13 heavy (non-hydrogen) atoms. The van der Waals surface area contributed by atoms with Crippen molar-refractivity contribution in [3.05, 3.63) is 18.2 Å². The van der Waals surface area contributed by atoms with Gasteiger partial charge >= 0.3 is 0 Å². The van der Waals surface area contributed by atoms with Crippen LogP contribution < -0.4 is 5.48 Å². The van der Waals surface area contributed by atoms with E-state index in [1.54, 1.807) is 12.5 Å². The molecule has 1 aliphatic rings. The first-order chi connectivity index (χ1) is 6.33. The summed E-state index contributed by atoms with van der Waals surface area (Å²) in [6.07, 6.45) is 4.25. The van der Waals surface area contributed by atoms with Crippen molar-refractivity contribution in [3.8, 4) is 0 Å². The largest absolute Gasteiger partial charge is 0.348 e. The number of aromatic nitrogens is 2. The number of nitrogens with zero attached hydrogens (tertiary/aromatic N) is 1. The summed E-state index contributed by atoms with van der Waals surface area (Å²) >= 11 is 0. The number of carbonyl (C=O) groups excluding carboxylic acids is 1. The molecule has 0 aliphatic heterocycles. The van der Waals surface area contributed by atoms with Crippen LogP contribution in [-0.2, 0) is 9.63 Å². The summed E-state index contributed by atoms with van der Waals surface area (Å²) in [7, 11) is 1.44. The highest BCUT2D eigenvalue weighted by molar-refractivity contribution is 5.81. The third-order valence-electron chi connectivity index (χ3n) is 2.25. The van der Waals surface area contributed by atoms with Crippen molar-refractivity contribution in [2.24, 2.45) is 5.92 Å². The number of carbonyl (C=O) groups is 1. The molecule has 1 amide bonds. The second-order valence-corrected chi connectivity index (χ2v) is 3.13. The summed E-state index contributed by atoms with van der Waals surface area (Å²) in [5.74, 6) is 0.278. The maximum absolute atomic E-state index is 11.2. The molecule has 5 nitrogen and oxygen atoms in total. The summed E-state index contributed by atoms with van der Waals surface area (Å²) in [6.45, 7) is 0. The van der Waals surface area contributed by atoms with Gasteiger partial charge in [0, 0.05) is 23.7 Å². The van der Waals surface area contributed by atoms with Gasteiger partial charge in [0.15, 0.2) is 0 Å². The lowest BCUT2D eigenvalue weighted by Crippen LogP contribution is -2.23. The monoisotopic (exact) mass is 181 g/mol. The van der Waals surface area contributed by atoms with Crippen LogP contribution >= 0.6 is 0 Å². The van der Waals surface area contributed by atoms with Gasteiger partial charge in [-0.05, 0) is 6.42 Å². The van der Waals surface area contributed by atoms with Gasteiger partial charge in [0.05, 0.1) is 13.4 Å². The second-order valence-electron chi connectivity index (χ2n) is 3.13. The van der Waals surface area contributed by atoms with E-state index in [2.05, 4.69) is 20.3 Å². The van der Waals surface area contributed by atoms with Gasteiger partial charge < -0.3 is 4.98 Å². The number of amides is 1. The number of H-pyrrole nitrogens is 1. The molecule has 0 radical (unpaired) electrons. The lowest BCUT2D eigenvalue weighted by molar-refractivity contribution is -0.132. The third kappa shape index (κ3) is 1.55. The van der Waals surface area contributed by atoms with E-state index in [4.69, 9.17) is 0 Å². The molecular weight excluding hydrogens is 170 g/mol. The van der Waals surface area contributed by atoms with E-state index in [-0.39, 0.29) is 17.7 Å². The van der Waals surface area contributed by atoms with E-state index in [0.29, 0.717) is 0 Å². The van der Waals surface area contributed by atoms with Gasteiger partial charge in [0.2, 0.25) is 5.91 Å². The molecule has 1 aromatic rings. The van der Waals surface area contributed by atoms with Crippen LogP contribution in [0.15, 0.2) is 12.5 Å². The van der Waals surface area contributed by atoms with Gasteiger partial charge in [-0.15, -0.1) is 0 Å². The van der Waals surface area contributed by atoms with Gasteiger partial charge in [0.1, 0.15) is 0 Å². The summed E-state index contributed by atoms with van der Waals surface area (Å²) in [5, 5.41) is 0. The Kier molecular flexibility index (Phi) is 2.02. The summed E-state index contributed by atoms with van der Waals surface area (Å²) in [5.41, 5.74) is 3.35. The van der Waals surface area contributed by atoms with Crippen molar-refractivity contribution in [1.82, 2.24) is 15.4 Å². The Morgan fingerprint density at radius 2 is 2.69 bits per heavy atom. The second kappa shape index (κ2) is 3.18. The van der Waals surface area contributed by atoms with Crippen LogP contribution in [0.2, 0.25) is 0 Å². The predicted molar refractivity (Wildman–Crippen MR) is 44.6 cm³/mol. The maximum atomic E-state index is 11.2. The van der Waals surface area contributed by atoms with Crippen molar-refractivity contribution in [2.75, 3.05) is 7.11 Å². The number of rotatable bonds is 3. The topological polar surface area (TPSA) is 67.0 Å². The quantitative estimate of drug-likeness (QED) is 0.654. The maximum Gasteiger partial charge on any atom is 0.247 e. The van der Waals surface area contributed by atoms with Crippen LogP contribution in [0.4, 0.5) is 0 Å². The van der Waals surface area contributed by atoms with E-state index in [9.17, 15) is 4.79 Å². The summed E-state index contributed by atoms with van der Waals surface area (Å²) in [6, 6.07) is 0. The van der Waals surface area contributed by atoms with E-state index >= 15 is 0 Å². The highest BCUT2D eigenvalue weighted by Gasteiger charge is 2.44. The molecule has 1 heterocycles. The van der Waals surface area contributed by atoms with Crippen molar-refractivity contribution in [1.29, 1.82) is 0 Å². The zero-order valence-corrected chi connectivity index (χ0v) is 7.28. The van der Waals surface area contributed by atoms with Gasteiger partial charge in [-0.25, -0.2) is 10.5 Å². The normalized spacial score (nSPS) is 25.6. The molecule has 2 N–H and O–H groups in total. The van der Waals surface area contributed by atoms with Gasteiger partial charge in [-0.2, -0.15) is 0 Å². The van der Waals surface area contributed by atoms with Gasteiger partial charge in [-0.1, -0.05) is 0 Å². The number of aromatic amines is 1. The van der Waals surface area contributed by atoms with Crippen molar-refractivity contribution in [2.45, 2.75) is 12.3 Å². The molecule has 0 saturated heterocycles. The van der Waals surface area contributed by atoms with E-state index < -0.39 is 0 Å². The highest BCUT2D eigenvalue weighted by atomic mass is 16.6. The first-order valence-electron chi connectivity index (χ1n) is 4.14. The molecule has 2 unspecified atom stereocenters. The van der Waals surface area contributed by atoms with Gasteiger partial charge in [-0.3, -0.25) is 9.63 Å². The number of hydrogen-bond acceptors (Lipinski definition) is 3. The fourth-order valence-corrected chi connectivity index (χ4v) is 1.47. The Morgan fingerprint density at radius 1 is 1.85 bits per heavy atom. The first kappa shape index (κ1) is 8.25. The summed E-state index contributed by atoms with van der Waals surface area (Å²) < 4.78 is 0. The molecule has 5 heteroatoms. The Morgan fingerprint density at radius 3 is 3.31 bits per heavy atom. The minimum absolute atomic E-state index is 0.0420. The third-order valence-corrected chi connectivity index (χ3v) is 2.25. The average Bonchev–Trinajstić information content (AvgIpc) is 2.74. The zero-order chi connectivity index (χ0) is 9.26. The average molecular weight is 181 g/mol. The lowest BCUT2D eigenvalue weighted by Gasteiger charge is -1.99. The molecule has 0 bridgehead atoms. The Labute approximate surface area is 75.5 Å². The first-order valence-corrected chi connectivity index (χ1v) is 4.14. The minimum atomic E-state index is -0.0536. The molecule has 2 atom stereocenters. The molecule has 70 valence electrons. The highest BCUT2D eigenvalue weighted by Crippen LogP contribution is 2.46. The molecule has 1 fully saturated rings. The lowest BCUT2D eigenvalue weighted by atomic mass is 10.2. The van der Waals surface area contributed by atoms with Crippen molar-refractivity contribution in [3.63, 3.8) is 0 Å². The Bertz CT molecular complexity index is 296. The van der Waals surface area contributed by atoms with Crippen LogP contribution in [0.1, 0.15) is 18.0 Å². The number of hydroxylamine groups is 1. The van der Waals surface area contributed by atoms with Crippen LogP contribution in [0.3, 0.4) is 0 Å². The van der Waals surface area contributed by atoms with E-state index in [0.717, 1.165) is 12.1 Å². The fraction of sp³-hybridized carbons (Fsp3) is 0.500. The molecule has 0 aromatic carbocycles. The van der Waals surface area contributed by atoms with Crippen molar-refractivity contribution >= 4 is 5.91 Å². The molecule has 1 aromatic heterocycles. The Balaban J connectivity index is 1.92. The fourth-order valence-electron chi connectivity index (χ4n) is 1.47. The van der Waals surface area contributed by atoms with Gasteiger partial charge in [0.25, 0.3) is 0 Å².